The van der Waals surface area contributed by atoms with Crippen LogP contribution in [0.15, 0.2) is 41.3 Å². The molecule has 2 unspecified atom stereocenters. The summed E-state index contributed by atoms with van der Waals surface area (Å²) < 4.78 is 53.3. The smallest absolute Gasteiger partial charge is 0.255 e. The average molecular weight is 516 g/mol. The molecule has 2 aromatic rings. The van der Waals surface area contributed by atoms with E-state index in [0.717, 1.165) is 18.2 Å². The summed E-state index contributed by atoms with van der Waals surface area (Å²) in [6.45, 7) is 1.36. The second-order valence-electron chi connectivity index (χ2n) is 9.07. The van der Waals surface area contributed by atoms with Crippen molar-refractivity contribution >= 4 is 33.0 Å². The van der Waals surface area contributed by atoms with Crippen molar-refractivity contribution in [1.29, 1.82) is 0 Å². The lowest BCUT2D eigenvalue weighted by molar-refractivity contribution is -0.249. The lowest BCUT2D eigenvalue weighted by Crippen LogP contribution is -2.69. The molecule has 0 spiro atoms. The molecular weight excluding hydrogens is 492 g/mol. The number of carbonyl (C=O) groups is 1. The Morgan fingerprint density at radius 1 is 1.09 bits per heavy atom. The molecular formula is C23H24ClF2NO6S. The van der Waals surface area contributed by atoms with E-state index in [4.69, 9.17) is 11.6 Å². The molecule has 3 aliphatic carbocycles. The van der Waals surface area contributed by atoms with Gasteiger partial charge in [-0.3, -0.25) is 4.79 Å². The number of halogens is 3. The third-order valence-electron chi connectivity index (χ3n) is 7.02. The number of aliphatic hydroxyl groups excluding tert-OH is 2. The zero-order valence-corrected chi connectivity index (χ0v) is 19.7. The molecule has 0 heterocycles. The standard InChI is InChI=1S/C23H24ClF2NO6S/c1-11(28)21(29)23(31)13-7-14(23)9-16(8-13)34(32,33)20-6-12(2-4-17(20)24)22(30)27-15-3-5-18(25)19(26)10-15/h2-6,10-11,13-14,16,21,28-29,31H,7-9H2,1H3,(H,27,30)/t11-,13?,14?,16?,21+,23?/m1/s1. The van der Waals surface area contributed by atoms with E-state index in [0.29, 0.717) is 6.42 Å². The molecule has 2 aromatic carbocycles. The van der Waals surface area contributed by atoms with Gasteiger partial charge in [0.05, 0.1) is 26.9 Å². The van der Waals surface area contributed by atoms with E-state index in [2.05, 4.69) is 5.32 Å². The van der Waals surface area contributed by atoms with Crippen molar-refractivity contribution in [3.8, 4) is 0 Å². The number of rotatable bonds is 6. The maximum atomic E-state index is 13.4. The Morgan fingerprint density at radius 3 is 2.32 bits per heavy atom. The highest BCUT2D eigenvalue weighted by Crippen LogP contribution is 2.57. The maximum absolute atomic E-state index is 13.4. The van der Waals surface area contributed by atoms with Gasteiger partial charge in [0.15, 0.2) is 21.5 Å². The summed E-state index contributed by atoms with van der Waals surface area (Å²) >= 11 is 6.17. The lowest BCUT2D eigenvalue weighted by Gasteiger charge is -2.60. The first-order chi connectivity index (χ1) is 15.9. The van der Waals surface area contributed by atoms with Crippen molar-refractivity contribution in [3.63, 3.8) is 0 Å². The van der Waals surface area contributed by atoms with Crippen molar-refractivity contribution in [2.24, 2.45) is 11.8 Å². The monoisotopic (exact) mass is 515 g/mol. The van der Waals surface area contributed by atoms with Crippen LogP contribution in [0.3, 0.4) is 0 Å². The fourth-order valence-electron chi connectivity index (χ4n) is 5.14. The van der Waals surface area contributed by atoms with Crippen LogP contribution in [0.4, 0.5) is 14.5 Å². The normalized spacial score (nSPS) is 28.0. The Morgan fingerprint density at radius 2 is 1.74 bits per heavy atom. The Bertz CT molecular complexity index is 1230. The second-order valence-corrected chi connectivity index (χ2v) is 11.7. The Hall–Kier alpha value is -2.11. The van der Waals surface area contributed by atoms with Crippen LogP contribution in [0.25, 0.3) is 0 Å². The molecule has 0 aliphatic heterocycles. The summed E-state index contributed by atoms with van der Waals surface area (Å²) in [5.41, 5.74) is -1.60. The number of aliphatic hydroxyl groups is 3. The molecule has 3 aliphatic rings. The predicted molar refractivity (Wildman–Crippen MR) is 120 cm³/mol. The second kappa shape index (κ2) is 8.83. The molecule has 4 N–H and O–H groups in total. The summed E-state index contributed by atoms with van der Waals surface area (Å²) in [4.78, 5) is 12.4. The van der Waals surface area contributed by atoms with Gasteiger partial charge in [0.25, 0.3) is 5.91 Å². The minimum absolute atomic E-state index is 0.00780. The van der Waals surface area contributed by atoms with Crippen LogP contribution in [0, 0.1) is 23.5 Å². The molecule has 0 saturated heterocycles. The molecule has 34 heavy (non-hydrogen) atoms. The number of fused-ring (bicyclic) bond motifs is 2. The van der Waals surface area contributed by atoms with Crippen LogP contribution >= 0.6 is 11.6 Å². The van der Waals surface area contributed by atoms with Crippen molar-refractivity contribution in [1.82, 2.24) is 0 Å². The van der Waals surface area contributed by atoms with E-state index in [1.807, 2.05) is 0 Å². The number of sulfone groups is 1. The van der Waals surface area contributed by atoms with Gasteiger partial charge in [0.2, 0.25) is 0 Å². The highest BCUT2D eigenvalue weighted by Gasteiger charge is 2.63. The van der Waals surface area contributed by atoms with E-state index in [1.54, 1.807) is 0 Å². The molecule has 184 valence electrons. The molecule has 1 amide bonds. The number of hydrogen-bond acceptors (Lipinski definition) is 6. The summed E-state index contributed by atoms with van der Waals surface area (Å²) in [5.74, 6) is -3.96. The van der Waals surface area contributed by atoms with E-state index in [-0.39, 0.29) is 34.0 Å². The molecule has 4 atom stereocenters. The van der Waals surface area contributed by atoms with E-state index < -0.39 is 62.3 Å². The van der Waals surface area contributed by atoms with Crippen LogP contribution in [-0.2, 0) is 9.84 Å². The number of hydrogen-bond donors (Lipinski definition) is 4. The van der Waals surface area contributed by atoms with E-state index in [1.165, 1.54) is 25.1 Å². The quantitative estimate of drug-likeness (QED) is 0.469. The molecule has 0 radical (unpaired) electrons. The van der Waals surface area contributed by atoms with Crippen LogP contribution in [0.1, 0.15) is 36.5 Å². The number of carbonyl (C=O) groups excluding carboxylic acids is 1. The van der Waals surface area contributed by atoms with Crippen molar-refractivity contribution in [2.75, 3.05) is 5.32 Å². The van der Waals surface area contributed by atoms with E-state index >= 15 is 0 Å². The highest BCUT2D eigenvalue weighted by molar-refractivity contribution is 7.92. The molecule has 7 nitrogen and oxygen atoms in total. The van der Waals surface area contributed by atoms with Gasteiger partial charge in [-0.1, -0.05) is 11.6 Å². The van der Waals surface area contributed by atoms with Gasteiger partial charge in [0, 0.05) is 17.3 Å². The van der Waals surface area contributed by atoms with Gasteiger partial charge >= 0.3 is 0 Å². The molecule has 5 rings (SSSR count). The molecule has 2 bridgehead atoms. The highest BCUT2D eigenvalue weighted by atomic mass is 35.5. The zero-order chi connectivity index (χ0) is 25.0. The summed E-state index contributed by atoms with van der Waals surface area (Å²) in [5, 5.41) is 32.3. The Kier molecular flexibility index (Phi) is 6.50. The van der Waals surface area contributed by atoms with Gasteiger partial charge in [-0.25, -0.2) is 17.2 Å². The minimum Gasteiger partial charge on any atom is -0.391 e. The third kappa shape index (κ3) is 4.11. The number of nitrogens with one attached hydrogen (secondary N) is 1. The topological polar surface area (TPSA) is 124 Å². The largest absolute Gasteiger partial charge is 0.391 e. The molecule has 3 fully saturated rings. The van der Waals surface area contributed by atoms with Crippen LogP contribution in [-0.4, -0.2) is 52.7 Å². The predicted octanol–water partition coefficient (Wildman–Crippen LogP) is 2.92. The van der Waals surface area contributed by atoms with Crippen molar-refractivity contribution in [2.45, 2.75) is 54.1 Å². The Balaban J connectivity index is 1.56. The lowest BCUT2D eigenvalue weighted by atomic mass is 9.51. The molecule has 3 saturated carbocycles. The van der Waals surface area contributed by atoms with Gasteiger partial charge in [-0.15, -0.1) is 0 Å². The molecule has 11 heteroatoms. The fourth-order valence-corrected chi connectivity index (χ4v) is 7.54. The maximum Gasteiger partial charge on any atom is 0.255 e. The number of benzene rings is 2. The average Bonchev–Trinajstić information content (AvgIpc) is 2.80. The first kappa shape index (κ1) is 25.0. The fraction of sp³-hybridized carbons (Fsp3) is 0.435. The zero-order valence-electron chi connectivity index (χ0n) is 18.1. The van der Waals surface area contributed by atoms with Gasteiger partial charge in [0.1, 0.15) is 6.10 Å². The first-order valence-electron chi connectivity index (χ1n) is 10.7. The summed E-state index contributed by atoms with van der Waals surface area (Å²) in [6, 6.07) is 6.54. The SMILES string of the molecule is C[C@@H](O)[C@H](O)C1(O)C2CC1CC(S(=O)(=O)c1cc(C(=O)Nc3ccc(F)c(F)c3)ccc1Cl)C2. The Labute approximate surface area is 200 Å². The first-order valence-corrected chi connectivity index (χ1v) is 12.7. The minimum atomic E-state index is -4.01. The summed E-state index contributed by atoms with van der Waals surface area (Å²) in [7, 11) is -4.01. The van der Waals surface area contributed by atoms with Crippen molar-refractivity contribution < 1.29 is 37.3 Å². The molecule has 0 aromatic heterocycles. The van der Waals surface area contributed by atoms with Gasteiger partial charge in [-0.2, -0.15) is 0 Å². The number of anilines is 1. The van der Waals surface area contributed by atoms with E-state index in [9.17, 15) is 37.3 Å². The van der Waals surface area contributed by atoms with Crippen molar-refractivity contribution in [3.05, 3.63) is 58.6 Å². The van der Waals surface area contributed by atoms with Crippen LogP contribution in [0.5, 0.6) is 0 Å². The third-order valence-corrected chi connectivity index (χ3v) is 9.67. The number of amides is 1. The van der Waals surface area contributed by atoms with Gasteiger partial charge < -0.3 is 20.6 Å². The summed E-state index contributed by atoms with van der Waals surface area (Å²) in [6.07, 6.45) is -1.87. The van der Waals surface area contributed by atoms with Gasteiger partial charge in [-0.05, 0) is 68.4 Å². The van der Waals surface area contributed by atoms with Crippen LogP contribution < -0.4 is 5.32 Å². The van der Waals surface area contributed by atoms with Crippen LogP contribution in [0.2, 0.25) is 5.02 Å².